The minimum absolute atomic E-state index is 0.0334. The molecule has 0 aromatic rings. The standard InChI is InChI=1S/C13H22N2O4/c1-13(5-3-4-6-14-13)12(18)15(2)10-8-19-7-9(10)11(16)17/h9-10,14H,3-8H2,1-2H3,(H,16,17). The molecule has 0 aromatic carbocycles. The summed E-state index contributed by atoms with van der Waals surface area (Å²) in [5.74, 6) is -1.56. The maximum absolute atomic E-state index is 12.6. The van der Waals surface area contributed by atoms with Crippen LogP contribution in [0.1, 0.15) is 26.2 Å². The molecule has 6 nitrogen and oxygen atoms in total. The fraction of sp³-hybridized carbons (Fsp3) is 0.846. The molecule has 3 unspecified atom stereocenters. The average Bonchev–Trinajstić information content (AvgIpc) is 2.87. The highest BCUT2D eigenvalue weighted by Gasteiger charge is 2.43. The number of rotatable bonds is 3. The van der Waals surface area contributed by atoms with E-state index in [1.54, 1.807) is 11.9 Å². The number of hydrogen-bond donors (Lipinski definition) is 2. The van der Waals surface area contributed by atoms with Crippen LogP contribution in [0.3, 0.4) is 0 Å². The van der Waals surface area contributed by atoms with E-state index in [2.05, 4.69) is 5.32 Å². The summed E-state index contributed by atoms with van der Waals surface area (Å²) in [6.07, 6.45) is 2.89. The zero-order chi connectivity index (χ0) is 14.0. The zero-order valence-electron chi connectivity index (χ0n) is 11.5. The highest BCUT2D eigenvalue weighted by molar-refractivity contribution is 5.87. The van der Waals surface area contributed by atoms with Crippen LogP contribution < -0.4 is 5.32 Å². The highest BCUT2D eigenvalue weighted by atomic mass is 16.5. The molecule has 108 valence electrons. The molecule has 0 spiro atoms. The predicted octanol–water partition coefficient (Wildman–Crippen LogP) is 0.0766. The van der Waals surface area contributed by atoms with Gasteiger partial charge in [-0.05, 0) is 32.7 Å². The summed E-state index contributed by atoms with van der Waals surface area (Å²) >= 11 is 0. The molecule has 0 aromatic heterocycles. The van der Waals surface area contributed by atoms with E-state index in [1.807, 2.05) is 6.92 Å². The van der Waals surface area contributed by atoms with Crippen molar-refractivity contribution >= 4 is 11.9 Å². The van der Waals surface area contributed by atoms with E-state index in [0.29, 0.717) is 6.61 Å². The van der Waals surface area contributed by atoms with E-state index in [-0.39, 0.29) is 18.6 Å². The largest absolute Gasteiger partial charge is 0.481 e. The fourth-order valence-electron chi connectivity index (χ4n) is 2.94. The topological polar surface area (TPSA) is 78.9 Å². The van der Waals surface area contributed by atoms with E-state index in [0.717, 1.165) is 25.8 Å². The molecule has 0 bridgehead atoms. The normalized spacial score (nSPS) is 35.1. The second-order valence-corrected chi connectivity index (χ2v) is 5.68. The molecule has 2 heterocycles. The van der Waals surface area contributed by atoms with Gasteiger partial charge < -0.3 is 20.1 Å². The number of hydrogen-bond acceptors (Lipinski definition) is 4. The van der Waals surface area contributed by atoms with Crippen molar-refractivity contribution in [2.45, 2.75) is 37.8 Å². The number of carboxylic acid groups (broad SMARTS) is 1. The number of ether oxygens (including phenoxy) is 1. The van der Waals surface area contributed by atoms with Crippen LogP contribution in [0.5, 0.6) is 0 Å². The summed E-state index contributed by atoms with van der Waals surface area (Å²) in [5.41, 5.74) is -0.571. The minimum Gasteiger partial charge on any atom is -0.481 e. The molecule has 0 saturated carbocycles. The van der Waals surface area contributed by atoms with E-state index in [4.69, 9.17) is 9.84 Å². The Morgan fingerprint density at radius 3 is 2.68 bits per heavy atom. The summed E-state index contributed by atoms with van der Waals surface area (Å²) in [6, 6.07) is -0.370. The fourth-order valence-corrected chi connectivity index (χ4v) is 2.94. The number of nitrogens with zero attached hydrogens (tertiary/aromatic N) is 1. The summed E-state index contributed by atoms with van der Waals surface area (Å²) in [4.78, 5) is 25.3. The lowest BCUT2D eigenvalue weighted by atomic mass is 9.88. The lowest BCUT2D eigenvalue weighted by Crippen LogP contribution is -2.60. The number of carboxylic acids is 1. The van der Waals surface area contributed by atoms with Crippen molar-refractivity contribution in [2.75, 3.05) is 26.8 Å². The first-order valence-corrected chi connectivity index (χ1v) is 6.78. The SMILES string of the molecule is CN(C(=O)C1(C)CCCCN1)C1COCC1C(=O)O. The highest BCUT2D eigenvalue weighted by Crippen LogP contribution is 2.25. The van der Waals surface area contributed by atoms with Crippen LogP contribution in [0, 0.1) is 5.92 Å². The van der Waals surface area contributed by atoms with Crippen LogP contribution in [0.2, 0.25) is 0 Å². The number of likely N-dealkylation sites (N-methyl/N-ethyl adjacent to an activating group) is 1. The molecule has 2 N–H and O–H groups in total. The molecule has 19 heavy (non-hydrogen) atoms. The van der Waals surface area contributed by atoms with Gasteiger partial charge in [-0.25, -0.2) is 0 Å². The molecule has 2 rings (SSSR count). The molecule has 1 amide bonds. The lowest BCUT2D eigenvalue weighted by molar-refractivity contribution is -0.146. The Balaban J connectivity index is 2.08. The van der Waals surface area contributed by atoms with Crippen molar-refractivity contribution in [3.63, 3.8) is 0 Å². The molecular weight excluding hydrogens is 248 g/mol. The van der Waals surface area contributed by atoms with Gasteiger partial charge in [0.25, 0.3) is 0 Å². The molecule has 0 radical (unpaired) electrons. The van der Waals surface area contributed by atoms with Gasteiger partial charge in [0.05, 0.1) is 24.8 Å². The van der Waals surface area contributed by atoms with Crippen molar-refractivity contribution in [3.05, 3.63) is 0 Å². The van der Waals surface area contributed by atoms with Crippen molar-refractivity contribution in [1.29, 1.82) is 0 Å². The third-order valence-electron chi connectivity index (χ3n) is 4.28. The van der Waals surface area contributed by atoms with Gasteiger partial charge in [-0.3, -0.25) is 9.59 Å². The Bertz CT molecular complexity index is 366. The Morgan fingerprint density at radius 1 is 1.37 bits per heavy atom. The lowest BCUT2D eigenvalue weighted by Gasteiger charge is -2.39. The molecule has 0 aliphatic carbocycles. The van der Waals surface area contributed by atoms with Crippen molar-refractivity contribution in [2.24, 2.45) is 5.92 Å². The van der Waals surface area contributed by atoms with Crippen LogP contribution in [-0.4, -0.2) is 60.3 Å². The van der Waals surface area contributed by atoms with E-state index in [9.17, 15) is 9.59 Å². The second kappa shape index (κ2) is 5.46. The predicted molar refractivity (Wildman–Crippen MR) is 68.8 cm³/mol. The molecule has 3 atom stereocenters. The van der Waals surface area contributed by atoms with Crippen LogP contribution in [0.15, 0.2) is 0 Å². The van der Waals surface area contributed by atoms with Gasteiger partial charge >= 0.3 is 5.97 Å². The molecule has 2 saturated heterocycles. The van der Waals surface area contributed by atoms with Gasteiger partial charge in [0.1, 0.15) is 5.92 Å². The third-order valence-corrected chi connectivity index (χ3v) is 4.28. The minimum atomic E-state index is -0.899. The third kappa shape index (κ3) is 2.74. The van der Waals surface area contributed by atoms with E-state index in [1.165, 1.54) is 0 Å². The molecular formula is C13H22N2O4. The number of aliphatic carboxylic acids is 1. The van der Waals surface area contributed by atoms with Crippen molar-refractivity contribution in [1.82, 2.24) is 10.2 Å². The first-order chi connectivity index (χ1) is 8.96. The number of carbonyl (C=O) groups is 2. The maximum Gasteiger partial charge on any atom is 0.311 e. The van der Waals surface area contributed by atoms with Crippen molar-refractivity contribution in [3.8, 4) is 0 Å². The van der Waals surface area contributed by atoms with Gasteiger partial charge in [0.15, 0.2) is 0 Å². The zero-order valence-corrected chi connectivity index (χ0v) is 11.5. The number of amides is 1. The molecule has 2 fully saturated rings. The molecule has 2 aliphatic heterocycles. The molecule has 6 heteroatoms. The van der Waals surface area contributed by atoms with Crippen LogP contribution in [-0.2, 0) is 14.3 Å². The molecule has 2 aliphatic rings. The first kappa shape index (κ1) is 14.3. The Labute approximate surface area is 113 Å². The van der Waals surface area contributed by atoms with Gasteiger partial charge in [-0.1, -0.05) is 0 Å². The van der Waals surface area contributed by atoms with Crippen molar-refractivity contribution < 1.29 is 19.4 Å². The Hall–Kier alpha value is -1.14. The average molecular weight is 270 g/mol. The second-order valence-electron chi connectivity index (χ2n) is 5.68. The van der Waals surface area contributed by atoms with E-state index >= 15 is 0 Å². The van der Waals surface area contributed by atoms with Gasteiger partial charge in [-0.2, -0.15) is 0 Å². The maximum atomic E-state index is 12.6. The van der Waals surface area contributed by atoms with Gasteiger partial charge in [0, 0.05) is 7.05 Å². The summed E-state index contributed by atoms with van der Waals surface area (Å²) in [5, 5.41) is 12.4. The Kier molecular flexibility index (Phi) is 4.10. The smallest absolute Gasteiger partial charge is 0.311 e. The number of carbonyl (C=O) groups excluding carboxylic acids is 1. The quantitative estimate of drug-likeness (QED) is 0.759. The summed E-state index contributed by atoms with van der Waals surface area (Å²) < 4.78 is 5.23. The summed E-state index contributed by atoms with van der Waals surface area (Å²) in [6.45, 7) is 3.22. The van der Waals surface area contributed by atoms with E-state index < -0.39 is 17.4 Å². The van der Waals surface area contributed by atoms with Gasteiger partial charge in [-0.15, -0.1) is 0 Å². The number of nitrogens with one attached hydrogen (secondary N) is 1. The number of piperidine rings is 1. The van der Waals surface area contributed by atoms with Crippen LogP contribution in [0.4, 0.5) is 0 Å². The Morgan fingerprint density at radius 2 is 2.11 bits per heavy atom. The first-order valence-electron chi connectivity index (χ1n) is 6.78. The van der Waals surface area contributed by atoms with Crippen LogP contribution in [0.25, 0.3) is 0 Å². The summed E-state index contributed by atoms with van der Waals surface area (Å²) in [7, 11) is 1.68. The monoisotopic (exact) mass is 270 g/mol. The van der Waals surface area contributed by atoms with Crippen LogP contribution >= 0.6 is 0 Å². The van der Waals surface area contributed by atoms with Gasteiger partial charge in [0.2, 0.25) is 5.91 Å².